The molecule has 0 fully saturated rings. The van der Waals surface area contributed by atoms with Gasteiger partial charge in [-0.1, -0.05) is 23.7 Å². The van der Waals surface area contributed by atoms with E-state index in [0.29, 0.717) is 39.8 Å². The fraction of sp³-hybridized carbons (Fsp3) is 0.130. The highest BCUT2D eigenvalue weighted by atomic mass is 35.5. The number of benzene rings is 2. The Morgan fingerprint density at radius 1 is 1.00 bits per heavy atom. The van der Waals surface area contributed by atoms with Crippen LogP contribution in [0.3, 0.4) is 0 Å². The zero-order chi connectivity index (χ0) is 21.5. The topological polar surface area (TPSA) is 74.8 Å². The maximum atomic E-state index is 13.7. The van der Waals surface area contributed by atoms with Crippen molar-refractivity contribution in [2.24, 2.45) is 7.05 Å². The Hall–Kier alpha value is -3.71. The third-order valence-corrected chi connectivity index (χ3v) is 5.26. The minimum atomic E-state index is -0.195. The van der Waals surface area contributed by atoms with E-state index in [4.69, 9.17) is 16.3 Å². The van der Waals surface area contributed by atoms with Gasteiger partial charge in [0.25, 0.3) is 5.56 Å². The lowest BCUT2D eigenvalue weighted by Gasteiger charge is -2.13. The highest BCUT2D eigenvalue weighted by Crippen LogP contribution is 2.28. The fourth-order valence-electron chi connectivity index (χ4n) is 3.63. The highest BCUT2D eigenvalue weighted by Gasteiger charge is 2.16. The molecule has 0 aliphatic carbocycles. The quantitative estimate of drug-likeness (QED) is 0.422. The smallest absolute Gasteiger partial charge is 0.265 e. The van der Waals surface area contributed by atoms with Gasteiger partial charge in [0.2, 0.25) is 5.88 Å². The van der Waals surface area contributed by atoms with Crippen molar-refractivity contribution >= 4 is 33.5 Å². The van der Waals surface area contributed by atoms with Crippen LogP contribution in [-0.4, -0.2) is 31.2 Å². The number of rotatable bonds is 4. The molecule has 0 N–H and O–H groups in total. The van der Waals surface area contributed by atoms with Crippen LogP contribution in [0.25, 0.3) is 38.8 Å². The highest BCUT2D eigenvalue weighted by molar-refractivity contribution is 6.30. The summed E-state index contributed by atoms with van der Waals surface area (Å²) in [4.78, 5) is 19.8. The SMILES string of the molecule is CCOc1ccc2cn(-c3ccc4nn(C)nc4c3)c(=O)c(-c3ccc(Cl)cc3)c2n1. The molecule has 0 saturated carbocycles. The number of fused-ring (bicyclic) bond motifs is 2. The number of nitrogens with zero attached hydrogens (tertiary/aromatic N) is 5. The second kappa shape index (κ2) is 7.52. The summed E-state index contributed by atoms with van der Waals surface area (Å²) in [7, 11) is 1.77. The van der Waals surface area contributed by atoms with Gasteiger partial charge in [0.1, 0.15) is 11.0 Å². The number of halogens is 1. The summed E-state index contributed by atoms with van der Waals surface area (Å²) in [6.07, 6.45) is 1.79. The summed E-state index contributed by atoms with van der Waals surface area (Å²) in [6, 6.07) is 16.4. The van der Waals surface area contributed by atoms with E-state index >= 15 is 0 Å². The predicted molar refractivity (Wildman–Crippen MR) is 121 cm³/mol. The van der Waals surface area contributed by atoms with Crippen LogP contribution in [0.4, 0.5) is 0 Å². The molecule has 0 amide bonds. The lowest BCUT2D eigenvalue weighted by atomic mass is 10.0. The molecule has 3 aromatic heterocycles. The van der Waals surface area contributed by atoms with Crippen LogP contribution < -0.4 is 10.3 Å². The molecule has 0 radical (unpaired) electrons. The number of hydrogen-bond acceptors (Lipinski definition) is 5. The van der Waals surface area contributed by atoms with Gasteiger partial charge in [-0.3, -0.25) is 9.36 Å². The Morgan fingerprint density at radius 2 is 1.77 bits per heavy atom. The Kier molecular flexibility index (Phi) is 4.67. The summed E-state index contributed by atoms with van der Waals surface area (Å²) < 4.78 is 7.18. The summed E-state index contributed by atoms with van der Waals surface area (Å²) in [5.41, 5.74) is 3.77. The minimum absolute atomic E-state index is 0.195. The molecule has 5 rings (SSSR count). The Balaban J connectivity index is 1.81. The van der Waals surface area contributed by atoms with Crippen LogP contribution in [0.15, 0.2) is 65.6 Å². The Labute approximate surface area is 182 Å². The molecular formula is C23H18ClN5O2. The van der Waals surface area contributed by atoms with E-state index < -0.39 is 0 Å². The molecule has 31 heavy (non-hydrogen) atoms. The van der Waals surface area contributed by atoms with Crippen molar-refractivity contribution in [1.82, 2.24) is 24.5 Å². The van der Waals surface area contributed by atoms with E-state index in [1.165, 1.54) is 4.80 Å². The monoisotopic (exact) mass is 431 g/mol. The fourth-order valence-corrected chi connectivity index (χ4v) is 3.76. The summed E-state index contributed by atoms with van der Waals surface area (Å²) in [6.45, 7) is 2.39. The lowest BCUT2D eigenvalue weighted by Crippen LogP contribution is -2.20. The second-order valence-electron chi connectivity index (χ2n) is 7.07. The third kappa shape index (κ3) is 3.43. The van der Waals surface area contributed by atoms with Crippen molar-refractivity contribution in [2.45, 2.75) is 6.92 Å². The first-order valence-corrected chi connectivity index (χ1v) is 10.2. The number of ether oxygens (including phenoxy) is 1. The predicted octanol–water partition coefficient (Wildman–Crippen LogP) is 4.39. The van der Waals surface area contributed by atoms with Gasteiger partial charge in [0, 0.05) is 29.7 Å². The van der Waals surface area contributed by atoms with Crippen molar-refractivity contribution in [2.75, 3.05) is 6.61 Å². The molecular weight excluding hydrogens is 414 g/mol. The standard InChI is InChI=1S/C23H18ClN5O2/c1-3-31-20-11-6-15-13-29(17-9-10-18-19(12-17)27-28(2)26-18)23(30)21(22(15)25-20)14-4-7-16(24)8-5-14/h4-13H,3H2,1-2H3. The zero-order valence-electron chi connectivity index (χ0n) is 16.9. The average molecular weight is 432 g/mol. The van der Waals surface area contributed by atoms with Crippen LogP contribution in [0.1, 0.15) is 6.92 Å². The van der Waals surface area contributed by atoms with E-state index in [0.717, 1.165) is 16.5 Å². The first-order chi connectivity index (χ1) is 15.0. The van der Waals surface area contributed by atoms with E-state index in [1.807, 2.05) is 43.3 Å². The molecule has 8 heteroatoms. The number of aromatic nitrogens is 5. The van der Waals surface area contributed by atoms with Crippen molar-refractivity contribution in [3.8, 4) is 22.7 Å². The van der Waals surface area contributed by atoms with E-state index in [9.17, 15) is 4.79 Å². The first kappa shape index (κ1) is 19.3. The van der Waals surface area contributed by atoms with Crippen LogP contribution >= 0.6 is 11.6 Å². The maximum Gasteiger partial charge on any atom is 0.265 e. The van der Waals surface area contributed by atoms with Crippen LogP contribution in [0, 0.1) is 0 Å². The minimum Gasteiger partial charge on any atom is -0.478 e. The molecule has 0 aliphatic heterocycles. The van der Waals surface area contributed by atoms with Gasteiger partial charge >= 0.3 is 0 Å². The third-order valence-electron chi connectivity index (χ3n) is 5.01. The second-order valence-corrected chi connectivity index (χ2v) is 7.51. The van der Waals surface area contributed by atoms with E-state index in [1.54, 1.807) is 36.0 Å². The summed E-state index contributed by atoms with van der Waals surface area (Å²) >= 11 is 6.07. The summed E-state index contributed by atoms with van der Waals surface area (Å²) in [5.74, 6) is 0.475. The molecule has 0 aliphatic rings. The molecule has 0 spiro atoms. The van der Waals surface area contributed by atoms with Gasteiger partial charge in [-0.15, -0.1) is 0 Å². The average Bonchev–Trinajstić information content (AvgIpc) is 3.14. The van der Waals surface area contributed by atoms with Gasteiger partial charge in [-0.2, -0.15) is 15.0 Å². The number of pyridine rings is 2. The van der Waals surface area contributed by atoms with Gasteiger partial charge in [0.15, 0.2) is 0 Å². The zero-order valence-corrected chi connectivity index (χ0v) is 17.7. The Bertz CT molecular complexity index is 1490. The molecule has 0 saturated heterocycles. The molecule has 7 nitrogen and oxygen atoms in total. The maximum absolute atomic E-state index is 13.7. The molecule has 154 valence electrons. The van der Waals surface area contributed by atoms with Gasteiger partial charge in [-0.05, 0) is 48.9 Å². The van der Waals surface area contributed by atoms with Crippen LogP contribution in [0.5, 0.6) is 5.88 Å². The van der Waals surface area contributed by atoms with Gasteiger partial charge in [-0.25, -0.2) is 4.98 Å². The molecule has 0 bridgehead atoms. The largest absolute Gasteiger partial charge is 0.478 e. The van der Waals surface area contributed by atoms with Crippen molar-refractivity contribution in [3.05, 3.63) is 76.2 Å². The van der Waals surface area contributed by atoms with Crippen molar-refractivity contribution in [3.63, 3.8) is 0 Å². The van der Waals surface area contributed by atoms with Crippen LogP contribution in [0.2, 0.25) is 5.02 Å². The van der Waals surface area contributed by atoms with Gasteiger partial charge in [0.05, 0.1) is 23.4 Å². The van der Waals surface area contributed by atoms with E-state index in [2.05, 4.69) is 15.2 Å². The molecule has 0 unspecified atom stereocenters. The number of hydrogen-bond donors (Lipinski definition) is 0. The Morgan fingerprint density at radius 3 is 2.55 bits per heavy atom. The summed E-state index contributed by atoms with van der Waals surface area (Å²) in [5, 5.41) is 10.1. The van der Waals surface area contributed by atoms with Crippen molar-refractivity contribution < 1.29 is 4.74 Å². The normalized spacial score (nSPS) is 11.3. The van der Waals surface area contributed by atoms with Crippen molar-refractivity contribution in [1.29, 1.82) is 0 Å². The first-order valence-electron chi connectivity index (χ1n) is 9.80. The molecule has 3 heterocycles. The molecule has 5 aromatic rings. The van der Waals surface area contributed by atoms with Gasteiger partial charge < -0.3 is 4.74 Å². The number of aryl methyl sites for hydroxylation is 1. The molecule has 2 aromatic carbocycles. The van der Waals surface area contributed by atoms with E-state index in [-0.39, 0.29) is 5.56 Å². The van der Waals surface area contributed by atoms with Crippen LogP contribution in [-0.2, 0) is 7.05 Å². The molecule has 0 atom stereocenters. The lowest BCUT2D eigenvalue weighted by molar-refractivity contribution is 0.328.